The number of non-ortho nitro benzene ring substituents is 1. The van der Waals surface area contributed by atoms with Crippen LogP contribution in [0.3, 0.4) is 0 Å². The highest BCUT2D eigenvalue weighted by Crippen LogP contribution is 2.35. The van der Waals surface area contributed by atoms with E-state index in [2.05, 4.69) is 5.32 Å². The van der Waals surface area contributed by atoms with Gasteiger partial charge in [0, 0.05) is 22.8 Å². The number of halogens is 1. The maximum Gasteiger partial charge on any atom is 0.293 e. The number of anilines is 1. The van der Waals surface area contributed by atoms with Crippen molar-refractivity contribution < 1.29 is 28.8 Å². The summed E-state index contributed by atoms with van der Waals surface area (Å²) in [6, 6.07) is 17.3. The highest BCUT2D eigenvalue weighted by molar-refractivity contribution is 8.18. The van der Waals surface area contributed by atoms with Gasteiger partial charge in [0.2, 0.25) is 0 Å². The maximum atomic E-state index is 12.9. The van der Waals surface area contributed by atoms with Gasteiger partial charge in [-0.3, -0.25) is 29.4 Å². The molecule has 1 aliphatic rings. The summed E-state index contributed by atoms with van der Waals surface area (Å²) in [5, 5.41) is 13.6. The van der Waals surface area contributed by atoms with Gasteiger partial charge in [-0.05, 0) is 66.2 Å². The molecule has 1 N–H and O–H groups in total. The Morgan fingerprint density at radius 3 is 2.54 bits per heavy atom. The van der Waals surface area contributed by atoms with Crippen molar-refractivity contribution in [1.29, 1.82) is 0 Å². The summed E-state index contributed by atoms with van der Waals surface area (Å²) in [6.45, 7) is 1.85. The molecule has 3 aromatic rings. The number of carbonyl (C=O) groups is 3. The lowest BCUT2D eigenvalue weighted by Gasteiger charge is -2.13. The van der Waals surface area contributed by atoms with Gasteiger partial charge in [0.25, 0.3) is 22.7 Å². The maximum absolute atomic E-state index is 12.9. The second kappa shape index (κ2) is 12.5. The van der Waals surface area contributed by atoms with Gasteiger partial charge in [0.05, 0.1) is 23.0 Å². The van der Waals surface area contributed by atoms with E-state index in [1.165, 1.54) is 24.3 Å². The third kappa shape index (κ3) is 7.15. The molecule has 0 aliphatic carbocycles. The molecule has 0 bridgehead atoms. The zero-order chi connectivity index (χ0) is 27.9. The molecular weight excluding hydrogens is 546 g/mol. The minimum absolute atomic E-state index is 0.00573. The molecule has 0 saturated carbocycles. The molecule has 0 unspecified atom stereocenters. The molecule has 0 spiro atoms. The smallest absolute Gasteiger partial charge is 0.293 e. The molecule has 1 saturated heterocycles. The highest BCUT2D eigenvalue weighted by atomic mass is 35.5. The van der Waals surface area contributed by atoms with Crippen molar-refractivity contribution in [3.8, 4) is 11.5 Å². The van der Waals surface area contributed by atoms with E-state index >= 15 is 0 Å². The molecule has 4 rings (SSSR count). The normalized spacial score (nSPS) is 14.0. The number of benzene rings is 3. The summed E-state index contributed by atoms with van der Waals surface area (Å²) < 4.78 is 11.3. The molecule has 1 aliphatic heterocycles. The van der Waals surface area contributed by atoms with E-state index < -0.39 is 16.1 Å². The largest absolute Gasteiger partial charge is 0.490 e. The molecule has 10 nitrogen and oxygen atoms in total. The number of imide groups is 1. The van der Waals surface area contributed by atoms with E-state index in [4.69, 9.17) is 21.1 Å². The van der Waals surface area contributed by atoms with Gasteiger partial charge in [-0.1, -0.05) is 35.9 Å². The van der Waals surface area contributed by atoms with Crippen LogP contribution >= 0.6 is 23.4 Å². The molecule has 0 aromatic heterocycles. The first kappa shape index (κ1) is 27.7. The van der Waals surface area contributed by atoms with Crippen molar-refractivity contribution in [1.82, 2.24) is 4.90 Å². The standard InChI is InChI=1S/C27H22ClN3O7S/c1-2-37-23-12-18(8-11-22(23)38-16-25(32)29-20-5-3-4-19(28)14-20)13-24-26(33)30(27(34)39-24)15-17-6-9-21(10-7-17)31(35)36/h3-14H,2,15-16H2,1H3,(H,29,32)/b24-13+. The average Bonchev–Trinajstić information content (AvgIpc) is 3.16. The molecule has 0 radical (unpaired) electrons. The van der Waals surface area contributed by atoms with Gasteiger partial charge in [-0.15, -0.1) is 0 Å². The van der Waals surface area contributed by atoms with Crippen molar-refractivity contribution in [2.24, 2.45) is 0 Å². The van der Waals surface area contributed by atoms with Crippen LogP contribution in [0.15, 0.2) is 71.6 Å². The van der Waals surface area contributed by atoms with Gasteiger partial charge >= 0.3 is 0 Å². The van der Waals surface area contributed by atoms with Gasteiger partial charge in [0.1, 0.15) is 0 Å². The van der Waals surface area contributed by atoms with E-state index in [0.29, 0.717) is 39.9 Å². The Balaban J connectivity index is 1.43. The number of nitrogens with one attached hydrogen (secondary N) is 1. The fraction of sp³-hybridized carbons (Fsp3) is 0.148. The van der Waals surface area contributed by atoms with Crippen molar-refractivity contribution >= 4 is 57.9 Å². The van der Waals surface area contributed by atoms with E-state index in [9.17, 15) is 24.5 Å². The fourth-order valence-electron chi connectivity index (χ4n) is 3.60. The Hall–Kier alpha value is -4.35. The lowest BCUT2D eigenvalue weighted by atomic mass is 10.1. The number of nitrogens with zero attached hydrogens (tertiary/aromatic N) is 2. The van der Waals surface area contributed by atoms with Crippen LogP contribution in [0.4, 0.5) is 16.2 Å². The third-order valence-electron chi connectivity index (χ3n) is 5.39. The Morgan fingerprint density at radius 2 is 1.85 bits per heavy atom. The molecule has 1 fully saturated rings. The molecule has 200 valence electrons. The van der Waals surface area contributed by atoms with Crippen LogP contribution in [0.1, 0.15) is 18.1 Å². The van der Waals surface area contributed by atoms with Crippen LogP contribution in [-0.4, -0.2) is 40.1 Å². The van der Waals surface area contributed by atoms with Crippen LogP contribution in [0.25, 0.3) is 6.08 Å². The molecule has 12 heteroatoms. The molecule has 3 amide bonds. The van der Waals surface area contributed by atoms with Crippen LogP contribution < -0.4 is 14.8 Å². The zero-order valence-corrected chi connectivity index (χ0v) is 22.2. The summed E-state index contributed by atoms with van der Waals surface area (Å²) in [6.07, 6.45) is 1.57. The predicted octanol–water partition coefficient (Wildman–Crippen LogP) is 5.90. The zero-order valence-electron chi connectivity index (χ0n) is 20.6. The van der Waals surface area contributed by atoms with Crippen molar-refractivity contribution in [3.63, 3.8) is 0 Å². The third-order valence-corrected chi connectivity index (χ3v) is 6.54. The number of rotatable bonds is 10. The number of hydrogen-bond donors (Lipinski definition) is 1. The number of carbonyl (C=O) groups excluding carboxylic acids is 3. The van der Waals surface area contributed by atoms with Crippen LogP contribution in [0.5, 0.6) is 11.5 Å². The van der Waals surface area contributed by atoms with E-state index in [0.717, 1.165) is 16.7 Å². The summed E-state index contributed by atoms with van der Waals surface area (Å²) in [7, 11) is 0. The first-order valence-corrected chi connectivity index (χ1v) is 12.9. The number of amides is 3. The lowest BCUT2D eigenvalue weighted by Crippen LogP contribution is -2.27. The van der Waals surface area contributed by atoms with E-state index in [1.54, 1.807) is 55.5 Å². The number of nitro groups is 1. The predicted molar refractivity (Wildman–Crippen MR) is 148 cm³/mol. The van der Waals surface area contributed by atoms with Crippen LogP contribution in [0.2, 0.25) is 5.02 Å². The quantitative estimate of drug-likeness (QED) is 0.182. The minimum atomic E-state index is -0.519. The van der Waals surface area contributed by atoms with Gasteiger partial charge in [-0.2, -0.15) is 0 Å². The fourth-order valence-corrected chi connectivity index (χ4v) is 4.63. The summed E-state index contributed by atoms with van der Waals surface area (Å²) in [4.78, 5) is 49.4. The molecular formula is C27H22ClN3O7S. The molecule has 0 atom stereocenters. The van der Waals surface area contributed by atoms with Gasteiger partial charge < -0.3 is 14.8 Å². The molecule has 1 heterocycles. The Bertz CT molecular complexity index is 1460. The van der Waals surface area contributed by atoms with Crippen LogP contribution in [0, 0.1) is 10.1 Å². The summed E-state index contributed by atoms with van der Waals surface area (Å²) in [5.41, 5.74) is 1.64. The minimum Gasteiger partial charge on any atom is -0.490 e. The lowest BCUT2D eigenvalue weighted by molar-refractivity contribution is -0.384. The average molecular weight is 568 g/mol. The van der Waals surface area contributed by atoms with Crippen molar-refractivity contribution in [2.75, 3.05) is 18.5 Å². The topological polar surface area (TPSA) is 128 Å². The second-order valence-electron chi connectivity index (χ2n) is 8.18. The Kier molecular flexibility index (Phi) is 8.84. The number of hydrogen-bond acceptors (Lipinski definition) is 8. The SMILES string of the molecule is CCOc1cc(/C=C2/SC(=O)N(Cc3ccc([N+](=O)[O-])cc3)C2=O)ccc1OCC(=O)Nc1cccc(Cl)c1. The van der Waals surface area contributed by atoms with Gasteiger partial charge in [0.15, 0.2) is 18.1 Å². The summed E-state index contributed by atoms with van der Waals surface area (Å²) >= 11 is 6.74. The Labute approximate surface area is 232 Å². The number of nitro benzene ring substituents is 1. The summed E-state index contributed by atoms with van der Waals surface area (Å²) in [5.74, 6) is -0.154. The Morgan fingerprint density at radius 1 is 1.08 bits per heavy atom. The second-order valence-corrected chi connectivity index (χ2v) is 9.61. The molecule has 3 aromatic carbocycles. The van der Waals surface area contributed by atoms with Crippen molar-refractivity contribution in [2.45, 2.75) is 13.5 Å². The number of ether oxygens (including phenoxy) is 2. The van der Waals surface area contributed by atoms with Crippen LogP contribution in [-0.2, 0) is 16.1 Å². The van der Waals surface area contributed by atoms with E-state index in [1.807, 2.05) is 0 Å². The molecule has 39 heavy (non-hydrogen) atoms. The van der Waals surface area contributed by atoms with Gasteiger partial charge in [-0.25, -0.2) is 0 Å². The monoisotopic (exact) mass is 567 g/mol. The number of thioether (sulfide) groups is 1. The first-order valence-electron chi connectivity index (χ1n) is 11.7. The van der Waals surface area contributed by atoms with Crippen molar-refractivity contribution in [3.05, 3.63) is 97.9 Å². The highest BCUT2D eigenvalue weighted by Gasteiger charge is 2.35. The van der Waals surface area contributed by atoms with E-state index in [-0.39, 0.29) is 29.7 Å². The first-order chi connectivity index (χ1) is 18.7.